The normalized spacial score (nSPS) is 13.6. The zero-order valence-electron chi connectivity index (χ0n) is 7.80. The van der Waals surface area contributed by atoms with E-state index in [1.165, 1.54) is 6.92 Å². The minimum atomic E-state index is -2.29. The first kappa shape index (κ1) is 13.1. The van der Waals surface area contributed by atoms with E-state index < -0.39 is 12.5 Å². The van der Waals surface area contributed by atoms with E-state index in [2.05, 4.69) is 5.32 Å². The van der Waals surface area contributed by atoms with Crippen molar-refractivity contribution in [3.05, 3.63) is 0 Å². The zero-order valence-corrected chi connectivity index (χ0v) is 8.62. The number of thioether (sulfide) groups is 1. The third kappa shape index (κ3) is 8.46. The largest absolute Gasteiger partial charge is 0.396 e. The fourth-order valence-corrected chi connectivity index (χ4v) is 1.52. The van der Waals surface area contributed by atoms with E-state index in [0.717, 1.165) is 17.9 Å². The van der Waals surface area contributed by atoms with Crippen LogP contribution in [0, 0.1) is 0 Å². The lowest BCUT2D eigenvalue weighted by Crippen LogP contribution is -2.34. The fourth-order valence-electron chi connectivity index (χ4n) is 0.717. The molecular formula is C8H17F2NOS. The van der Waals surface area contributed by atoms with Crippen LogP contribution in [0.1, 0.15) is 13.3 Å². The maximum absolute atomic E-state index is 12.0. The van der Waals surface area contributed by atoms with Gasteiger partial charge in [0, 0.05) is 18.9 Å². The standard InChI is InChI=1S/C8H17F2NOS/c1-7(8(9)10)11-3-6-13-5-2-4-12/h7-8,11-12H,2-6H2,1H3. The Balaban J connectivity index is 3.07. The molecule has 0 saturated heterocycles. The van der Waals surface area contributed by atoms with Crippen LogP contribution in [0.5, 0.6) is 0 Å². The second-order valence-electron chi connectivity index (χ2n) is 2.77. The van der Waals surface area contributed by atoms with Gasteiger partial charge in [-0.3, -0.25) is 0 Å². The Morgan fingerprint density at radius 3 is 2.62 bits per heavy atom. The molecular weight excluding hydrogens is 196 g/mol. The fraction of sp³-hybridized carbons (Fsp3) is 1.00. The third-order valence-corrected chi connectivity index (χ3v) is 2.61. The highest BCUT2D eigenvalue weighted by Gasteiger charge is 2.12. The lowest BCUT2D eigenvalue weighted by atomic mass is 10.3. The Morgan fingerprint density at radius 1 is 1.38 bits per heavy atom. The molecule has 1 unspecified atom stereocenters. The van der Waals surface area contributed by atoms with E-state index in [-0.39, 0.29) is 6.61 Å². The summed E-state index contributed by atoms with van der Waals surface area (Å²) < 4.78 is 23.9. The van der Waals surface area contributed by atoms with Crippen molar-refractivity contribution in [1.29, 1.82) is 0 Å². The molecule has 0 spiro atoms. The quantitative estimate of drug-likeness (QED) is 0.597. The number of rotatable bonds is 8. The van der Waals surface area contributed by atoms with Gasteiger partial charge in [0.05, 0.1) is 6.04 Å². The first-order chi connectivity index (χ1) is 6.18. The number of hydrogen-bond acceptors (Lipinski definition) is 3. The topological polar surface area (TPSA) is 32.3 Å². The van der Waals surface area contributed by atoms with Gasteiger partial charge in [-0.25, -0.2) is 8.78 Å². The zero-order chi connectivity index (χ0) is 10.1. The van der Waals surface area contributed by atoms with Gasteiger partial charge in [-0.05, 0) is 19.1 Å². The third-order valence-electron chi connectivity index (χ3n) is 1.54. The maximum atomic E-state index is 12.0. The van der Waals surface area contributed by atoms with E-state index in [0.29, 0.717) is 6.54 Å². The van der Waals surface area contributed by atoms with Crippen LogP contribution in [-0.4, -0.2) is 42.2 Å². The van der Waals surface area contributed by atoms with Crippen LogP contribution in [0.3, 0.4) is 0 Å². The summed E-state index contributed by atoms with van der Waals surface area (Å²) in [6.45, 7) is 2.28. The van der Waals surface area contributed by atoms with E-state index >= 15 is 0 Å². The number of hydrogen-bond donors (Lipinski definition) is 2. The van der Waals surface area contributed by atoms with Crippen LogP contribution < -0.4 is 5.32 Å². The van der Waals surface area contributed by atoms with Crippen molar-refractivity contribution in [3.8, 4) is 0 Å². The van der Waals surface area contributed by atoms with Crippen molar-refractivity contribution in [3.63, 3.8) is 0 Å². The lowest BCUT2D eigenvalue weighted by Gasteiger charge is -2.11. The molecule has 0 aromatic rings. The van der Waals surface area contributed by atoms with Gasteiger partial charge >= 0.3 is 0 Å². The SMILES string of the molecule is CC(NCCSCCCO)C(F)F. The highest BCUT2D eigenvalue weighted by molar-refractivity contribution is 7.99. The molecule has 0 aliphatic carbocycles. The first-order valence-electron chi connectivity index (χ1n) is 4.38. The highest BCUT2D eigenvalue weighted by atomic mass is 32.2. The van der Waals surface area contributed by atoms with Crippen molar-refractivity contribution < 1.29 is 13.9 Å². The van der Waals surface area contributed by atoms with Gasteiger partial charge in [0.1, 0.15) is 0 Å². The number of aliphatic hydroxyl groups excluding tert-OH is 1. The summed E-state index contributed by atoms with van der Waals surface area (Å²) in [4.78, 5) is 0. The van der Waals surface area contributed by atoms with Crippen LogP contribution in [0.4, 0.5) is 8.78 Å². The van der Waals surface area contributed by atoms with Crippen LogP contribution in [0.25, 0.3) is 0 Å². The van der Waals surface area contributed by atoms with Crippen molar-refractivity contribution in [2.45, 2.75) is 25.8 Å². The maximum Gasteiger partial charge on any atom is 0.253 e. The van der Waals surface area contributed by atoms with Crippen LogP contribution >= 0.6 is 11.8 Å². The minimum Gasteiger partial charge on any atom is -0.396 e. The summed E-state index contributed by atoms with van der Waals surface area (Å²) >= 11 is 1.66. The second kappa shape index (κ2) is 8.72. The summed E-state index contributed by atoms with van der Waals surface area (Å²) in [6.07, 6.45) is -1.52. The molecule has 0 amide bonds. The summed E-state index contributed by atoms with van der Waals surface area (Å²) in [7, 11) is 0. The van der Waals surface area contributed by atoms with Gasteiger partial charge in [-0.15, -0.1) is 0 Å². The van der Waals surface area contributed by atoms with E-state index in [9.17, 15) is 8.78 Å². The molecule has 0 heterocycles. The smallest absolute Gasteiger partial charge is 0.253 e. The molecule has 0 aromatic heterocycles. The van der Waals surface area contributed by atoms with Gasteiger partial charge in [-0.2, -0.15) is 11.8 Å². The van der Waals surface area contributed by atoms with Crippen LogP contribution in [0.2, 0.25) is 0 Å². The molecule has 5 heteroatoms. The number of halogens is 2. The van der Waals surface area contributed by atoms with Crippen LogP contribution in [-0.2, 0) is 0 Å². The minimum absolute atomic E-state index is 0.202. The molecule has 13 heavy (non-hydrogen) atoms. The Hall–Kier alpha value is 0.130. The first-order valence-corrected chi connectivity index (χ1v) is 5.54. The molecule has 0 aliphatic heterocycles. The molecule has 0 saturated carbocycles. The molecule has 0 aromatic carbocycles. The molecule has 0 aliphatic rings. The highest BCUT2D eigenvalue weighted by Crippen LogP contribution is 2.02. The molecule has 1 atom stereocenters. The molecule has 2 nitrogen and oxygen atoms in total. The average Bonchev–Trinajstić information content (AvgIpc) is 2.10. The number of alkyl halides is 2. The second-order valence-corrected chi connectivity index (χ2v) is 3.99. The summed E-state index contributed by atoms with van der Waals surface area (Å²) in [6, 6.07) is -0.724. The summed E-state index contributed by atoms with van der Waals surface area (Å²) in [5.74, 6) is 1.71. The van der Waals surface area contributed by atoms with Gasteiger partial charge in [-0.1, -0.05) is 0 Å². The Morgan fingerprint density at radius 2 is 2.08 bits per heavy atom. The average molecular weight is 213 g/mol. The summed E-state index contributed by atoms with van der Waals surface area (Å²) in [5, 5.41) is 11.2. The van der Waals surface area contributed by atoms with Crippen molar-refractivity contribution in [1.82, 2.24) is 5.32 Å². The lowest BCUT2D eigenvalue weighted by molar-refractivity contribution is 0.107. The molecule has 2 N–H and O–H groups in total. The predicted octanol–water partition coefficient (Wildman–Crippen LogP) is 1.35. The Labute approximate surface area is 82.1 Å². The number of aliphatic hydroxyl groups is 1. The van der Waals surface area contributed by atoms with Crippen molar-refractivity contribution in [2.75, 3.05) is 24.7 Å². The van der Waals surface area contributed by atoms with E-state index in [1.54, 1.807) is 11.8 Å². The van der Waals surface area contributed by atoms with Crippen molar-refractivity contribution >= 4 is 11.8 Å². The Kier molecular flexibility index (Phi) is 8.80. The number of nitrogens with one attached hydrogen (secondary N) is 1. The molecule has 0 bridgehead atoms. The van der Waals surface area contributed by atoms with Crippen LogP contribution in [0.15, 0.2) is 0 Å². The van der Waals surface area contributed by atoms with Gasteiger partial charge < -0.3 is 10.4 Å². The Bertz CT molecular complexity index is 116. The van der Waals surface area contributed by atoms with Gasteiger partial charge in [0.2, 0.25) is 0 Å². The predicted molar refractivity (Wildman–Crippen MR) is 52.5 cm³/mol. The molecule has 0 rings (SSSR count). The molecule has 80 valence electrons. The van der Waals surface area contributed by atoms with Gasteiger partial charge in [0.15, 0.2) is 0 Å². The molecule has 0 fully saturated rings. The molecule has 0 radical (unpaired) electrons. The van der Waals surface area contributed by atoms with E-state index in [1.807, 2.05) is 0 Å². The van der Waals surface area contributed by atoms with Crippen molar-refractivity contribution in [2.24, 2.45) is 0 Å². The summed E-state index contributed by atoms with van der Waals surface area (Å²) in [5.41, 5.74) is 0. The van der Waals surface area contributed by atoms with E-state index in [4.69, 9.17) is 5.11 Å². The monoisotopic (exact) mass is 213 g/mol. The van der Waals surface area contributed by atoms with Gasteiger partial charge in [0.25, 0.3) is 6.43 Å².